The standard InChI is InChI=1S/C16H28N2O2S/c1-5-14(4)12-18-21(19,20)16-8-6-15(7-9-16)10-11-17-13(2)3/h6-9,13-14,17-18H,5,10-12H2,1-4H3. The van der Waals surface area contributed by atoms with Crippen LogP contribution in [0, 0.1) is 5.92 Å². The van der Waals surface area contributed by atoms with E-state index in [0.717, 1.165) is 24.9 Å². The molecule has 0 saturated heterocycles. The molecule has 4 nitrogen and oxygen atoms in total. The molecule has 1 atom stereocenters. The van der Waals surface area contributed by atoms with Crippen LogP contribution in [0.5, 0.6) is 0 Å². The summed E-state index contributed by atoms with van der Waals surface area (Å²) in [6, 6.07) is 7.61. The van der Waals surface area contributed by atoms with E-state index < -0.39 is 10.0 Å². The Bertz CT molecular complexity index is 510. The van der Waals surface area contributed by atoms with Crippen molar-refractivity contribution in [1.29, 1.82) is 0 Å². The second kappa shape index (κ2) is 8.51. The SMILES string of the molecule is CCC(C)CNS(=O)(=O)c1ccc(CCNC(C)C)cc1. The third kappa shape index (κ3) is 6.59. The maximum absolute atomic E-state index is 12.1. The summed E-state index contributed by atoms with van der Waals surface area (Å²) in [6.07, 6.45) is 1.86. The summed E-state index contributed by atoms with van der Waals surface area (Å²) in [7, 11) is -3.38. The van der Waals surface area contributed by atoms with Crippen LogP contribution in [0.1, 0.15) is 39.7 Å². The lowest BCUT2D eigenvalue weighted by atomic mass is 10.1. The Balaban J connectivity index is 2.60. The Hall–Kier alpha value is -0.910. The van der Waals surface area contributed by atoms with E-state index in [9.17, 15) is 8.42 Å². The maximum Gasteiger partial charge on any atom is 0.240 e. The molecule has 0 aliphatic carbocycles. The number of rotatable bonds is 9. The lowest BCUT2D eigenvalue weighted by Gasteiger charge is -2.11. The Labute approximate surface area is 129 Å². The van der Waals surface area contributed by atoms with Crippen molar-refractivity contribution in [2.75, 3.05) is 13.1 Å². The molecule has 0 radical (unpaired) electrons. The van der Waals surface area contributed by atoms with Crippen molar-refractivity contribution >= 4 is 10.0 Å². The van der Waals surface area contributed by atoms with Gasteiger partial charge in [-0.15, -0.1) is 0 Å². The smallest absolute Gasteiger partial charge is 0.240 e. The summed E-state index contributed by atoms with van der Waals surface area (Å²) in [5.41, 5.74) is 1.14. The van der Waals surface area contributed by atoms with E-state index in [1.807, 2.05) is 19.1 Å². The highest BCUT2D eigenvalue weighted by Gasteiger charge is 2.14. The topological polar surface area (TPSA) is 58.2 Å². The van der Waals surface area contributed by atoms with Gasteiger partial charge in [0.05, 0.1) is 4.90 Å². The summed E-state index contributed by atoms with van der Waals surface area (Å²) < 4.78 is 27.0. The molecule has 1 rings (SSSR count). The zero-order valence-corrected chi connectivity index (χ0v) is 14.3. The first-order chi connectivity index (χ1) is 9.85. The van der Waals surface area contributed by atoms with Crippen LogP contribution in [0.15, 0.2) is 29.2 Å². The minimum Gasteiger partial charge on any atom is -0.314 e. The van der Waals surface area contributed by atoms with Gasteiger partial charge in [0.1, 0.15) is 0 Å². The predicted molar refractivity (Wildman–Crippen MR) is 87.9 cm³/mol. The van der Waals surface area contributed by atoms with Gasteiger partial charge < -0.3 is 5.32 Å². The highest BCUT2D eigenvalue weighted by atomic mass is 32.2. The van der Waals surface area contributed by atoms with Crippen LogP contribution in [0.4, 0.5) is 0 Å². The van der Waals surface area contributed by atoms with Crippen LogP contribution in [0.2, 0.25) is 0 Å². The van der Waals surface area contributed by atoms with Crippen LogP contribution < -0.4 is 10.0 Å². The van der Waals surface area contributed by atoms with Crippen LogP contribution in [-0.2, 0) is 16.4 Å². The number of nitrogens with one attached hydrogen (secondary N) is 2. The quantitative estimate of drug-likeness (QED) is 0.737. The van der Waals surface area contributed by atoms with Gasteiger partial charge in [0.2, 0.25) is 10.0 Å². The molecule has 0 bridgehead atoms. The van der Waals surface area contributed by atoms with E-state index in [4.69, 9.17) is 0 Å². The summed E-state index contributed by atoms with van der Waals surface area (Å²) in [5, 5.41) is 3.35. The minimum atomic E-state index is -3.38. The van der Waals surface area contributed by atoms with Crippen LogP contribution in [-0.4, -0.2) is 27.5 Å². The van der Waals surface area contributed by atoms with E-state index >= 15 is 0 Å². The number of benzene rings is 1. The zero-order chi connectivity index (χ0) is 15.9. The molecule has 5 heteroatoms. The fraction of sp³-hybridized carbons (Fsp3) is 0.625. The molecule has 0 aliphatic rings. The minimum absolute atomic E-state index is 0.339. The molecule has 1 aromatic carbocycles. The van der Waals surface area contributed by atoms with E-state index in [-0.39, 0.29) is 0 Å². The fourth-order valence-corrected chi connectivity index (χ4v) is 2.99. The molecule has 0 heterocycles. The summed E-state index contributed by atoms with van der Waals surface area (Å²) in [6.45, 7) is 9.69. The number of sulfonamides is 1. The Morgan fingerprint density at radius 2 is 1.71 bits per heavy atom. The predicted octanol–water partition coefficient (Wildman–Crippen LogP) is 2.55. The van der Waals surface area contributed by atoms with Crippen LogP contribution in [0.3, 0.4) is 0 Å². The van der Waals surface area contributed by atoms with Crippen molar-refractivity contribution < 1.29 is 8.42 Å². The molecule has 21 heavy (non-hydrogen) atoms. The first-order valence-corrected chi connectivity index (χ1v) is 9.15. The van der Waals surface area contributed by atoms with Crippen molar-refractivity contribution in [2.45, 2.75) is 51.5 Å². The van der Waals surface area contributed by atoms with Gasteiger partial charge in [-0.3, -0.25) is 0 Å². The molecule has 1 unspecified atom stereocenters. The molecule has 0 fully saturated rings. The van der Waals surface area contributed by atoms with Gasteiger partial charge in [-0.2, -0.15) is 0 Å². The van der Waals surface area contributed by atoms with Gasteiger partial charge in [-0.05, 0) is 36.6 Å². The average molecular weight is 312 g/mol. The summed E-state index contributed by atoms with van der Waals surface area (Å²) in [5.74, 6) is 0.348. The second-order valence-corrected chi connectivity index (χ2v) is 7.64. The largest absolute Gasteiger partial charge is 0.314 e. The molecule has 0 aromatic heterocycles. The summed E-state index contributed by atoms with van der Waals surface area (Å²) >= 11 is 0. The van der Waals surface area contributed by atoms with Gasteiger partial charge in [-0.25, -0.2) is 13.1 Å². The van der Waals surface area contributed by atoms with E-state index in [2.05, 4.69) is 30.8 Å². The van der Waals surface area contributed by atoms with E-state index in [0.29, 0.717) is 23.4 Å². The lowest BCUT2D eigenvalue weighted by molar-refractivity contribution is 0.528. The third-order valence-electron chi connectivity index (χ3n) is 3.52. The molecule has 0 amide bonds. The van der Waals surface area contributed by atoms with E-state index in [1.54, 1.807) is 12.1 Å². The zero-order valence-electron chi connectivity index (χ0n) is 13.5. The van der Waals surface area contributed by atoms with Crippen molar-refractivity contribution in [3.8, 4) is 0 Å². The molecule has 120 valence electrons. The van der Waals surface area contributed by atoms with Gasteiger partial charge in [0.15, 0.2) is 0 Å². The normalized spacial score (nSPS) is 13.6. The maximum atomic E-state index is 12.1. The molecule has 2 N–H and O–H groups in total. The van der Waals surface area contributed by atoms with Crippen LogP contribution >= 0.6 is 0 Å². The van der Waals surface area contributed by atoms with E-state index in [1.165, 1.54) is 0 Å². The molecule has 0 spiro atoms. The fourth-order valence-electron chi connectivity index (χ4n) is 1.82. The number of hydrogen-bond acceptors (Lipinski definition) is 3. The van der Waals surface area contributed by atoms with Crippen LogP contribution in [0.25, 0.3) is 0 Å². The molecular weight excluding hydrogens is 284 g/mol. The first-order valence-electron chi connectivity index (χ1n) is 7.67. The number of hydrogen-bond donors (Lipinski definition) is 2. The summed E-state index contributed by atoms with van der Waals surface area (Å²) in [4.78, 5) is 0.339. The lowest BCUT2D eigenvalue weighted by Crippen LogP contribution is -2.28. The van der Waals surface area contributed by atoms with Gasteiger partial charge in [0.25, 0.3) is 0 Å². The monoisotopic (exact) mass is 312 g/mol. The Kier molecular flexibility index (Phi) is 7.35. The van der Waals surface area contributed by atoms with Gasteiger partial charge in [-0.1, -0.05) is 46.2 Å². The second-order valence-electron chi connectivity index (χ2n) is 5.87. The Morgan fingerprint density at radius 3 is 2.24 bits per heavy atom. The first kappa shape index (κ1) is 18.1. The van der Waals surface area contributed by atoms with Crippen molar-refractivity contribution in [2.24, 2.45) is 5.92 Å². The molecule has 0 aliphatic heterocycles. The highest BCUT2D eigenvalue weighted by Crippen LogP contribution is 2.11. The molecule has 0 saturated carbocycles. The molecular formula is C16H28N2O2S. The van der Waals surface area contributed by atoms with Crippen molar-refractivity contribution in [3.63, 3.8) is 0 Å². The highest BCUT2D eigenvalue weighted by molar-refractivity contribution is 7.89. The van der Waals surface area contributed by atoms with Crippen molar-refractivity contribution in [3.05, 3.63) is 29.8 Å². The van der Waals surface area contributed by atoms with Gasteiger partial charge in [0, 0.05) is 12.6 Å². The molecule has 1 aromatic rings. The Morgan fingerprint density at radius 1 is 1.10 bits per heavy atom. The van der Waals surface area contributed by atoms with Gasteiger partial charge >= 0.3 is 0 Å². The third-order valence-corrected chi connectivity index (χ3v) is 4.96. The average Bonchev–Trinajstić information content (AvgIpc) is 2.45. The van der Waals surface area contributed by atoms with Crippen molar-refractivity contribution in [1.82, 2.24) is 10.0 Å².